The number of Topliss-reactive ketones (excluding diaryl/α,β-unsaturated/α-hetero) is 1. The molecule has 2 aromatic rings. The molecule has 0 unspecified atom stereocenters. The van der Waals surface area contributed by atoms with Crippen LogP contribution in [0.2, 0.25) is 0 Å². The van der Waals surface area contributed by atoms with Crippen molar-refractivity contribution in [3.05, 3.63) is 96.1 Å². The molecule has 0 radical (unpaired) electrons. The van der Waals surface area contributed by atoms with E-state index < -0.39 is 0 Å². The lowest BCUT2D eigenvalue weighted by Gasteiger charge is -2.07. The topological polar surface area (TPSA) is 17.1 Å². The van der Waals surface area contributed by atoms with E-state index >= 15 is 0 Å². The van der Waals surface area contributed by atoms with Crippen LogP contribution in [-0.4, -0.2) is 5.78 Å². The third kappa shape index (κ3) is 5.08. The second kappa shape index (κ2) is 8.30. The van der Waals surface area contributed by atoms with Crippen molar-refractivity contribution in [1.29, 1.82) is 0 Å². The second-order valence-electron chi connectivity index (χ2n) is 5.29. The molecule has 0 atom stereocenters. The zero-order chi connectivity index (χ0) is 16.7. The van der Waals surface area contributed by atoms with E-state index in [0.29, 0.717) is 17.0 Å². The number of hydrogen-bond acceptors (Lipinski definition) is 1. The smallest absolute Gasteiger partial charge is 0.141 e. The molecule has 0 saturated carbocycles. The Morgan fingerprint density at radius 1 is 1.04 bits per heavy atom. The molecule has 0 aliphatic carbocycles. The summed E-state index contributed by atoms with van der Waals surface area (Å²) < 4.78 is 0. The van der Waals surface area contributed by atoms with Crippen molar-refractivity contribution in [3.8, 4) is 11.1 Å². The van der Waals surface area contributed by atoms with Crippen LogP contribution in [-0.2, 0) is 11.2 Å². The Balaban J connectivity index is 2.11. The second-order valence-corrected chi connectivity index (χ2v) is 5.75. The molecule has 1 nitrogen and oxygen atoms in total. The molecule has 0 aliphatic rings. The summed E-state index contributed by atoms with van der Waals surface area (Å²) in [4.78, 5) is 12.3. The van der Waals surface area contributed by atoms with Crippen LogP contribution < -0.4 is 0 Å². The van der Waals surface area contributed by atoms with Crippen LogP contribution in [0.4, 0.5) is 0 Å². The Morgan fingerprint density at radius 3 is 2.39 bits per heavy atom. The molecular weight excluding hydrogens is 304 g/mol. The molecule has 116 valence electrons. The first kappa shape index (κ1) is 17.0. The Bertz CT molecular complexity index is 741. The summed E-state index contributed by atoms with van der Waals surface area (Å²) in [7, 11) is 0. The Hall–Kier alpha value is -2.38. The molecule has 2 aromatic carbocycles. The summed E-state index contributed by atoms with van der Waals surface area (Å²) in [5, 5.41) is 0.385. The number of benzene rings is 2. The maximum atomic E-state index is 12.3. The summed E-state index contributed by atoms with van der Waals surface area (Å²) in [6.07, 6.45) is 3.99. The largest absolute Gasteiger partial charge is 0.299 e. The van der Waals surface area contributed by atoms with E-state index in [1.165, 1.54) is 0 Å². The van der Waals surface area contributed by atoms with Gasteiger partial charge in [0.1, 0.15) is 5.78 Å². The fraction of sp³-hybridized carbons (Fsp3) is 0.0952. The number of hydrogen-bond donors (Lipinski definition) is 0. The van der Waals surface area contributed by atoms with Crippen LogP contribution in [0.5, 0.6) is 0 Å². The van der Waals surface area contributed by atoms with E-state index in [1.54, 1.807) is 12.2 Å². The number of carbonyl (C=O) groups excluding carboxylic acids is 1. The van der Waals surface area contributed by atoms with Crippen molar-refractivity contribution in [1.82, 2.24) is 0 Å². The standard InChI is InChI=1S/C21H19ClO/c1-3-8-19(16(2)22)15-21(23)14-17-9-7-12-20(13-17)18-10-5-4-6-11-18/h3-13H,1-2,14-15H2/b19-8-. The minimum absolute atomic E-state index is 0.102. The average Bonchev–Trinajstić information content (AvgIpc) is 2.55. The summed E-state index contributed by atoms with van der Waals surface area (Å²) in [6, 6.07) is 18.2. The van der Waals surface area contributed by atoms with Crippen molar-refractivity contribution in [3.63, 3.8) is 0 Å². The highest BCUT2D eigenvalue weighted by Crippen LogP contribution is 2.22. The fourth-order valence-electron chi connectivity index (χ4n) is 2.38. The minimum Gasteiger partial charge on any atom is -0.299 e. The van der Waals surface area contributed by atoms with Gasteiger partial charge < -0.3 is 0 Å². The van der Waals surface area contributed by atoms with E-state index in [4.69, 9.17) is 11.6 Å². The molecule has 0 N–H and O–H groups in total. The van der Waals surface area contributed by atoms with Crippen molar-refractivity contribution in [2.75, 3.05) is 0 Å². The molecule has 0 saturated heterocycles. The van der Waals surface area contributed by atoms with Gasteiger partial charge in [-0.05, 0) is 22.3 Å². The van der Waals surface area contributed by atoms with Gasteiger partial charge in [0.25, 0.3) is 0 Å². The molecule has 0 heterocycles. The maximum absolute atomic E-state index is 12.3. The van der Waals surface area contributed by atoms with Gasteiger partial charge >= 0.3 is 0 Å². The average molecular weight is 323 g/mol. The van der Waals surface area contributed by atoms with E-state index in [0.717, 1.165) is 16.7 Å². The SMILES string of the molecule is C=C/C=C(/CC(=O)Cc1cccc(-c2ccccc2)c1)C(=C)Cl. The van der Waals surface area contributed by atoms with Gasteiger partial charge in [-0.1, -0.05) is 91.5 Å². The molecule has 23 heavy (non-hydrogen) atoms. The van der Waals surface area contributed by atoms with Gasteiger partial charge in [-0.15, -0.1) is 0 Å². The normalized spacial score (nSPS) is 11.1. The summed E-state index contributed by atoms with van der Waals surface area (Å²) >= 11 is 5.91. The van der Waals surface area contributed by atoms with E-state index in [9.17, 15) is 4.79 Å². The Morgan fingerprint density at radius 2 is 1.74 bits per heavy atom. The lowest BCUT2D eigenvalue weighted by atomic mass is 9.98. The van der Waals surface area contributed by atoms with Crippen molar-refractivity contribution in [2.24, 2.45) is 0 Å². The number of rotatable bonds is 7. The molecule has 2 heteroatoms. The summed E-state index contributed by atoms with van der Waals surface area (Å²) in [5.74, 6) is 0.102. The monoisotopic (exact) mass is 322 g/mol. The Kier molecular flexibility index (Phi) is 6.13. The predicted molar refractivity (Wildman–Crippen MR) is 98.5 cm³/mol. The van der Waals surface area contributed by atoms with Gasteiger partial charge in [-0.3, -0.25) is 4.79 Å². The van der Waals surface area contributed by atoms with Gasteiger partial charge in [-0.2, -0.15) is 0 Å². The maximum Gasteiger partial charge on any atom is 0.141 e. The van der Waals surface area contributed by atoms with Crippen LogP contribution in [0.1, 0.15) is 12.0 Å². The quantitative estimate of drug-likeness (QED) is 0.596. The third-order valence-electron chi connectivity index (χ3n) is 3.49. The van der Waals surface area contributed by atoms with Gasteiger partial charge in [-0.25, -0.2) is 0 Å². The molecule has 0 fully saturated rings. The first-order valence-electron chi connectivity index (χ1n) is 7.42. The summed E-state index contributed by atoms with van der Waals surface area (Å²) in [5.41, 5.74) is 3.96. The molecule has 0 aromatic heterocycles. The molecular formula is C21H19ClO. The number of carbonyl (C=O) groups is 1. The van der Waals surface area contributed by atoms with E-state index in [2.05, 4.69) is 31.4 Å². The van der Waals surface area contributed by atoms with E-state index in [1.807, 2.05) is 36.4 Å². The number of halogens is 1. The van der Waals surface area contributed by atoms with Gasteiger partial charge in [0, 0.05) is 17.9 Å². The number of allylic oxidation sites excluding steroid dienone is 4. The number of ketones is 1. The van der Waals surface area contributed by atoms with Crippen molar-refractivity contribution in [2.45, 2.75) is 12.8 Å². The third-order valence-corrected chi connectivity index (χ3v) is 3.73. The molecule has 0 spiro atoms. The zero-order valence-corrected chi connectivity index (χ0v) is 13.7. The molecule has 0 amide bonds. The van der Waals surface area contributed by atoms with Gasteiger partial charge in [0.2, 0.25) is 0 Å². The predicted octanol–water partition coefficient (Wildman–Crippen LogP) is 5.72. The van der Waals surface area contributed by atoms with Gasteiger partial charge in [0.15, 0.2) is 0 Å². The minimum atomic E-state index is 0.102. The molecule has 2 rings (SSSR count). The van der Waals surface area contributed by atoms with Crippen LogP contribution in [0.3, 0.4) is 0 Å². The van der Waals surface area contributed by atoms with Crippen LogP contribution in [0, 0.1) is 0 Å². The highest BCUT2D eigenvalue weighted by Gasteiger charge is 2.09. The summed E-state index contributed by atoms with van der Waals surface area (Å²) in [6.45, 7) is 7.32. The first-order valence-corrected chi connectivity index (χ1v) is 7.80. The van der Waals surface area contributed by atoms with Crippen LogP contribution in [0.15, 0.2) is 90.5 Å². The van der Waals surface area contributed by atoms with E-state index in [-0.39, 0.29) is 12.2 Å². The van der Waals surface area contributed by atoms with Gasteiger partial charge in [0.05, 0.1) is 0 Å². The fourth-order valence-corrected chi connectivity index (χ4v) is 2.51. The molecule has 0 bridgehead atoms. The van der Waals surface area contributed by atoms with Crippen molar-refractivity contribution >= 4 is 17.4 Å². The first-order chi connectivity index (χ1) is 11.1. The lowest BCUT2D eigenvalue weighted by molar-refractivity contribution is -0.117. The highest BCUT2D eigenvalue weighted by atomic mass is 35.5. The van der Waals surface area contributed by atoms with Crippen molar-refractivity contribution < 1.29 is 4.79 Å². The lowest BCUT2D eigenvalue weighted by Crippen LogP contribution is -2.04. The van der Waals surface area contributed by atoms with Crippen LogP contribution >= 0.6 is 11.6 Å². The Labute approximate surface area is 142 Å². The van der Waals surface area contributed by atoms with Crippen LogP contribution in [0.25, 0.3) is 11.1 Å². The highest BCUT2D eigenvalue weighted by molar-refractivity contribution is 6.31. The zero-order valence-electron chi connectivity index (χ0n) is 13.0. The molecule has 0 aliphatic heterocycles.